The molecular formula is C106H183N19O23S2. The topological polar surface area (TPSA) is 760 Å². The molecule has 0 aliphatic rings. The first-order valence-corrected chi connectivity index (χ1v) is 56.7. The van der Waals surface area contributed by atoms with Crippen LogP contribution >= 0.6 is 23.5 Å². The number of unbranched alkanes of at least 4 members (excludes halogenated alkanes) is 15. The fourth-order valence-corrected chi connectivity index (χ4v) is 18.7. The van der Waals surface area contributed by atoms with Gasteiger partial charge in [0, 0.05) is 119 Å². The minimum absolute atomic E-state index is 0.00367. The van der Waals surface area contributed by atoms with Crippen molar-refractivity contribution >= 4 is 147 Å². The number of aromatic hydroxyl groups is 1. The van der Waals surface area contributed by atoms with E-state index < -0.39 is 247 Å². The van der Waals surface area contributed by atoms with Gasteiger partial charge < -0.3 is 115 Å². The van der Waals surface area contributed by atoms with Gasteiger partial charge in [-0.2, -0.15) is 23.5 Å². The van der Waals surface area contributed by atoms with Crippen molar-refractivity contribution in [3.05, 3.63) is 29.8 Å². The van der Waals surface area contributed by atoms with E-state index in [-0.39, 0.29) is 195 Å². The number of phenols is 1. The lowest BCUT2D eigenvalue weighted by Gasteiger charge is -2.27. The summed E-state index contributed by atoms with van der Waals surface area (Å²) in [6.45, 7) is 11.4. The summed E-state index contributed by atoms with van der Waals surface area (Å²) >= 11 is 2.76. The number of aliphatic hydroxyl groups excluding tert-OH is 2. The molecule has 852 valence electrons. The highest BCUT2D eigenvalue weighted by atomic mass is 32.2. The molecule has 0 fully saturated rings. The lowest BCUT2D eigenvalue weighted by molar-refractivity contribution is -0.143. The number of carboxylic acid groups (broad SMARTS) is 1. The number of phenolic OH excluding ortho intramolecular Hbond substituents is 1. The third kappa shape index (κ3) is 61.9. The Morgan fingerprint density at radius 3 is 1.17 bits per heavy atom. The first-order chi connectivity index (χ1) is 71.2. The summed E-state index contributed by atoms with van der Waals surface area (Å²) in [6.07, 6.45) is 12.9. The van der Waals surface area contributed by atoms with Crippen LogP contribution in [0.5, 0.6) is 5.75 Å². The van der Waals surface area contributed by atoms with Crippen LogP contribution in [-0.4, -0.2) is 261 Å². The van der Waals surface area contributed by atoms with E-state index in [0.29, 0.717) is 56.3 Å². The number of benzene rings is 1. The van der Waals surface area contributed by atoms with Crippen LogP contribution in [-0.2, 0) is 97.5 Å². The molecule has 0 aliphatic heterocycles. The Hall–Kier alpha value is -10.4. The van der Waals surface area contributed by atoms with E-state index in [0.717, 1.165) is 32.6 Å². The van der Waals surface area contributed by atoms with Crippen LogP contribution in [0, 0.1) is 53.3 Å². The number of carbonyl (C=O) groups excluding carboxylic acids is 18. The van der Waals surface area contributed by atoms with E-state index in [9.17, 15) is 112 Å². The Bertz CT molecular complexity index is 4370. The number of nitrogens with one attached hydrogen (secondary N) is 8. The molecule has 0 saturated heterocycles. The molecule has 0 saturated carbocycles. The minimum atomic E-state index is -1.88. The average Bonchev–Trinajstić information content (AvgIpc) is 0.852. The first-order valence-electron chi connectivity index (χ1n) is 53.9. The molecule has 0 radical (unpaired) electrons. The highest BCUT2D eigenvalue weighted by Crippen LogP contribution is 2.28. The predicted molar refractivity (Wildman–Crippen MR) is 581 cm³/mol. The monoisotopic (exact) mass is 2150 g/mol. The molecule has 150 heavy (non-hydrogen) atoms. The summed E-state index contributed by atoms with van der Waals surface area (Å²) in [5.74, 6) is -24.3. The Labute approximate surface area is 895 Å². The normalized spacial score (nSPS) is 14.6. The molecule has 0 bridgehead atoms. The van der Waals surface area contributed by atoms with Gasteiger partial charge in [0.1, 0.15) is 17.8 Å². The molecule has 10 amide bonds. The van der Waals surface area contributed by atoms with Gasteiger partial charge in [-0.1, -0.05) is 130 Å². The summed E-state index contributed by atoms with van der Waals surface area (Å²) in [6, 6.07) is -5.29. The molecule has 1 aromatic carbocycles. The largest absolute Gasteiger partial charge is 0.508 e. The fourth-order valence-electron chi connectivity index (χ4n) is 17.7. The molecule has 1 rings (SSSR count). The number of rotatable bonds is 93. The minimum Gasteiger partial charge on any atom is -0.508 e. The van der Waals surface area contributed by atoms with Crippen LogP contribution in [0.1, 0.15) is 330 Å². The number of aliphatic hydroxyl groups is 2. The second-order valence-electron chi connectivity index (χ2n) is 40.6. The van der Waals surface area contributed by atoms with Crippen LogP contribution in [0.15, 0.2) is 34.3 Å². The van der Waals surface area contributed by atoms with Crippen LogP contribution in [0.4, 0.5) is 0 Å². The first kappa shape index (κ1) is 138. The number of aliphatic carboxylic acids is 1. The molecule has 16 atom stereocenters. The number of hydrogen-bond acceptors (Lipinski definition) is 29. The number of primary amides is 2. The molecule has 1 aromatic rings. The van der Waals surface area contributed by atoms with Crippen molar-refractivity contribution in [2.45, 2.75) is 385 Å². The number of Topliss-reactive ketones (excluding diaryl/α,β-unsaturated/α-hetero) is 8. The summed E-state index contributed by atoms with van der Waals surface area (Å²) in [5, 5.41) is 64.0. The van der Waals surface area contributed by atoms with E-state index >= 15 is 0 Å². The zero-order valence-corrected chi connectivity index (χ0v) is 92.1. The van der Waals surface area contributed by atoms with Gasteiger partial charge in [-0.15, -0.1) is 0 Å². The Morgan fingerprint density at radius 1 is 0.347 bits per heavy atom. The van der Waals surface area contributed by atoms with Crippen molar-refractivity contribution in [2.24, 2.45) is 115 Å². The van der Waals surface area contributed by atoms with E-state index in [4.69, 9.17) is 51.6 Å². The molecule has 0 spiro atoms. The van der Waals surface area contributed by atoms with Crippen molar-refractivity contribution in [2.75, 3.05) is 63.3 Å². The zero-order valence-electron chi connectivity index (χ0n) is 90.4. The Morgan fingerprint density at radius 2 is 0.720 bits per heavy atom. The highest BCUT2D eigenvalue weighted by molar-refractivity contribution is 7.98. The number of thioether (sulfide) groups is 2. The lowest BCUT2D eigenvalue weighted by atomic mass is 9.87. The van der Waals surface area contributed by atoms with E-state index in [1.165, 1.54) is 106 Å². The van der Waals surface area contributed by atoms with Gasteiger partial charge in [0.2, 0.25) is 59.1 Å². The Kier molecular flexibility index (Phi) is 73.8. The van der Waals surface area contributed by atoms with Gasteiger partial charge in [0.15, 0.2) is 58.2 Å². The third-order valence-corrected chi connectivity index (χ3v) is 27.7. The summed E-state index contributed by atoms with van der Waals surface area (Å²) < 4.78 is 0. The number of hydrogen-bond donors (Lipinski definition) is 21. The van der Waals surface area contributed by atoms with Crippen LogP contribution in [0.25, 0.3) is 0 Å². The average molecular weight is 2160 g/mol. The molecule has 0 aliphatic carbocycles. The highest BCUT2D eigenvalue weighted by Gasteiger charge is 2.41. The van der Waals surface area contributed by atoms with Crippen LogP contribution in [0.2, 0.25) is 0 Å². The Balaban J connectivity index is 3.66. The van der Waals surface area contributed by atoms with Crippen molar-refractivity contribution in [1.29, 1.82) is 0 Å². The molecule has 0 aromatic heterocycles. The van der Waals surface area contributed by atoms with Gasteiger partial charge in [-0.25, -0.2) is 0 Å². The van der Waals surface area contributed by atoms with Crippen molar-refractivity contribution in [3.63, 3.8) is 0 Å². The van der Waals surface area contributed by atoms with Crippen molar-refractivity contribution < 1.29 is 112 Å². The van der Waals surface area contributed by atoms with E-state index in [2.05, 4.69) is 59.4 Å². The summed E-state index contributed by atoms with van der Waals surface area (Å²) in [4.78, 5) is 276. The molecule has 44 heteroatoms. The maximum atomic E-state index is 15.0. The summed E-state index contributed by atoms with van der Waals surface area (Å²) in [5.41, 5.74) is 51.8. The maximum Gasteiger partial charge on any atom is 0.304 e. The number of amides is 10. The second-order valence-corrected chi connectivity index (χ2v) is 42.6. The van der Waals surface area contributed by atoms with E-state index in [1.54, 1.807) is 20.1 Å². The smallest absolute Gasteiger partial charge is 0.304 e. The lowest BCUT2D eigenvalue weighted by Crippen LogP contribution is -2.52. The number of guanidine groups is 2. The molecule has 30 N–H and O–H groups in total. The fraction of sp³-hybridized carbons (Fsp3) is 0.745. The van der Waals surface area contributed by atoms with Gasteiger partial charge in [-0.3, -0.25) is 101 Å². The molecule has 42 nitrogen and oxygen atoms in total. The van der Waals surface area contributed by atoms with Gasteiger partial charge in [0.05, 0.1) is 61.3 Å². The number of ketones is 8. The van der Waals surface area contributed by atoms with Gasteiger partial charge >= 0.3 is 5.97 Å². The number of carboxylic acids is 1. The zero-order chi connectivity index (χ0) is 113. The van der Waals surface area contributed by atoms with Crippen LogP contribution < -0.4 is 94.1 Å². The van der Waals surface area contributed by atoms with E-state index in [1.807, 2.05) is 20.1 Å². The second kappa shape index (κ2) is 80.4. The third-order valence-electron chi connectivity index (χ3n) is 26.5. The van der Waals surface area contributed by atoms with Gasteiger partial charge in [0.25, 0.3) is 0 Å². The number of aliphatic imine (C=N–C) groups is 2. The molecule has 0 heterocycles. The number of nitrogens with two attached hydrogens (primary N) is 9. The van der Waals surface area contributed by atoms with Crippen molar-refractivity contribution in [3.8, 4) is 5.75 Å². The number of nitrogens with zero attached hydrogens (tertiary/aromatic N) is 2. The molecule has 0 unspecified atom stereocenters. The quantitative estimate of drug-likeness (QED) is 0.0221. The van der Waals surface area contributed by atoms with Crippen LogP contribution in [0.3, 0.4) is 0 Å². The predicted octanol–water partition coefficient (Wildman–Crippen LogP) is 5.38. The standard InChI is InChI=1S/C106H183N19O23S2/c1-10-11-12-13-14-15-16-17-18-19-20-21-22-36-94(138)119-82(46-53-150-9)85(129)42-44-95(139)118-68(6)86(130)57-73(39-43-93(110)137)101(145)120-79(33-24-27-48-108)87(131)58-71(31-23-26-47-107)99(143)123-83(55-67(4)5)90(134)59-72(32-29-50-116-105(112)113)100(144)124-84(65-126)91(135)60-74(45-52-149-8)102(146)125-97(69(7)127)92(136)63-77(64-96(140)141)104(148)121-80(34-25-28-49-109)89(133)62-76(56-70-37-40-78(128)41-38-70)103(147)122-81(35-30-51-117-106(114)115)88(132)61-75(98(111)142)54-66(2)3/h37-38,40-41,66-69,71-77,79-84,97,126-128H,10-36,39,42-65,107-109H2,1-9H3,(H2,110,137)(H2,111,142)(H,118,139)(H,119,138)(H,120,145)(H,121,148)(H,122,147)(H,123,143)(H,124,144)(H,125,146)(H,140,141)(H4,112,113,116)(H4,114,115,117)/t68-,69+,71+,72+,73+,74+,75+,76+,77-,79-,80-,81-,82-,83-,84-,97-/m0/s1. The van der Waals surface area contributed by atoms with Gasteiger partial charge in [-0.05, 0) is 209 Å². The maximum absolute atomic E-state index is 15.0. The number of carbonyl (C=O) groups is 19. The SMILES string of the molecule is CCCCCCCCCCCCCCCC(=O)N[C@@H](CCSC)C(=O)CCC(=O)N[C@@H](C)C(=O)C[C@@H](CCC(N)=O)C(=O)N[C@@H](CCCCN)C(=O)C[C@@H](CCCCN)C(=O)N[C@@H](CC(C)C)C(=O)C[C@@H](CCCN=C(N)N)C(=O)N[C@@H](CO)C(=O)C[C@@H](CCSC)C(=O)N[C@H](C(=O)C[C@@H](CC(=O)O)C(=O)N[C@@H](CCCCN)C(=O)C[C@@H](Cc1ccc(O)cc1)C(=O)N[C@@H](CCCN=C(N)N)C(=O)C[C@@H](CC(C)C)C(N)=O)[C@@H](C)O. The summed E-state index contributed by atoms with van der Waals surface area (Å²) in [7, 11) is 0. The molecular weight excluding hydrogens is 1970 g/mol. The van der Waals surface area contributed by atoms with Crippen molar-refractivity contribution in [1.82, 2.24) is 42.5 Å².